The molecule has 16 rings (SSSR count). The molecule has 16 saturated carbocycles. The summed E-state index contributed by atoms with van der Waals surface area (Å²) in [6, 6.07) is 0. The molecule has 16 fully saturated rings. The number of carbonyl (C=O) groups is 4. The third-order valence-corrected chi connectivity index (χ3v) is 41.3. The Morgan fingerprint density at radius 1 is 0.292 bits per heavy atom. The summed E-state index contributed by atoms with van der Waals surface area (Å²) in [6.45, 7) is 30.6. The molecule has 16 aliphatic carbocycles. The van der Waals surface area contributed by atoms with Crippen LogP contribution in [0.25, 0.3) is 0 Å². The van der Waals surface area contributed by atoms with Crippen molar-refractivity contribution in [3.05, 3.63) is 0 Å². The molecule has 0 saturated heterocycles. The van der Waals surface area contributed by atoms with Crippen LogP contribution in [0.5, 0.6) is 0 Å². The molecule has 4 unspecified atom stereocenters. The third-order valence-electron chi connectivity index (χ3n) is 41.3. The second kappa shape index (κ2) is 32.2. The normalized spacial score (nSPS) is 48.4. The molecule has 106 heavy (non-hydrogen) atoms. The number of aliphatic carboxylic acids is 1. The summed E-state index contributed by atoms with van der Waals surface area (Å²) in [4.78, 5) is 53.1. The second-order valence-corrected chi connectivity index (χ2v) is 44.7. The maximum atomic E-state index is 14.1. The van der Waals surface area contributed by atoms with Gasteiger partial charge in [0.15, 0.2) is 0 Å². The van der Waals surface area contributed by atoms with Crippen molar-refractivity contribution in [3.63, 3.8) is 0 Å². The topological polar surface area (TPSA) is 119 Å². The van der Waals surface area contributed by atoms with Crippen molar-refractivity contribution in [2.75, 3.05) is 0 Å². The van der Waals surface area contributed by atoms with Crippen LogP contribution in [-0.4, -0.2) is 31.2 Å². The van der Waals surface area contributed by atoms with Crippen molar-refractivity contribution in [1.29, 1.82) is 0 Å². The van der Waals surface area contributed by atoms with Crippen LogP contribution in [0.1, 0.15) is 391 Å². The Balaban J connectivity index is 0.000000293. The zero-order chi connectivity index (χ0) is 73.8. The van der Waals surface area contributed by atoms with E-state index in [9.17, 15) is 24.3 Å². The van der Waals surface area contributed by atoms with Gasteiger partial charge in [-0.15, -0.1) is 0 Å². The predicted molar refractivity (Wildman–Crippen MR) is 422 cm³/mol. The van der Waals surface area contributed by atoms with E-state index in [1.807, 2.05) is 0 Å². The summed E-state index contributed by atoms with van der Waals surface area (Å²) in [5, 5.41) is 10.9. The number of hydrogen-bond donors (Lipinski definition) is 0. The number of rotatable bonds is 19. The molecule has 8 nitrogen and oxygen atoms in total. The third kappa shape index (κ3) is 14.6. The summed E-state index contributed by atoms with van der Waals surface area (Å²) in [6.07, 6.45) is 60.2. The first kappa shape index (κ1) is 81.5. The molecule has 0 heterocycles. The summed E-state index contributed by atoms with van der Waals surface area (Å²) in [5.41, 5.74) is 3.71. The summed E-state index contributed by atoms with van der Waals surface area (Å²) in [7, 11) is -1.63. The van der Waals surface area contributed by atoms with E-state index in [1.165, 1.54) is 257 Å². The first-order valence-corrected chi connectivity index (χ1v) is 46.9. The molecule has 0 spiro atoms. The number of hydrogen-bond acceptors (Lipinski definition) is 8. The van der Waals surface area contributed by atoms with E-state index in [-0.39, 0.29) is 55.2 Å². The van der Waals surface area contributed by atoms with Crippen molar-refractivity contribution in [3.8, 4) is 0 Å². The number of carboxylic acid groups (broad SMARTS) is 1. The zero-order valence-electron chi connectivity index (χ0n) is 70.6. The molecule has 0 aromatic rings. The second-order valence-electron chi connectivity index (χ2n) is 44.7. The Hall–Kier alpha value is -1.06. The van der Waals surface area contributed by atoms with Crippen molar-refractivity contribution in [1.82, 2.24) is 0 Å². The van der Waals surface area contributed by atoms with Gasteiger partial charge >= 0.3 is 36.9 Å². The first-order chi connectivity index (χ1) is 50.2. The quantitative estimate of drug-likeness (QED) is 0.117. The van der Waals surface area contributed by atoms with Crippen LogP contribution < -0.4 is 34.7 Å². The minimum Gasteiger partial charge on any atom is -0.550 e. The Bertz CT molecular complexity index is 2820. The van der Waals surface area contributed by atoms with Crippen LogP contribution in [0.15, 0.2) is 0 Å². The predicted octanol–water partition coefficient (Wildman–Crippen LogP) is 21.2. The molecule has 0 aromatic carbocycles. The molecular formula is C96H156BNaO8. The Kier molecular flexibility index (Phi) is 24.8. The molecule has 10 heteroatoms. The minimum atomic E-state index is -1.63. The zero-order valence-corrected chi connectivity index (χ0v) is 72.6. The van der Waals surface area contributed by atoms with E-state index in [4.69, 9.17) is 14.0 Å². The van der Waals surface area contributed by atoms with Crippen molar-refractivity contribution in [2.45, 2.75) is 391 Å². The largest absolute Gasteiger partial charge is 1.00 e. The van der Waals surface area contributed by atoms with E-state index >= 15 is 0 Å². The van der Waals surface area contributed by atoms with Gasteiger partial charge in [-0.2, -0.15) is 0 Å². The molecule has 0 bridgehead atoms. The maximum Gasteiger partial charge on any atom is 1.00 e. The van der Waals surface area contributed by atoms with Crippen molar-refractivity contribution in [2.24, 2.45) is 185 Å². The van der Waals surface area contributed by atoms with Crippen molar-refractivity contribution < 1.29 is 67.8 Å². The first-order valence-electron chi connectivity index (χ1n) is 46.9. The molecule has 0 radical (unpaired) electrons. The average Bonchev–Trinajstić information content (AvgIpc) is 1.51. The van der Waals surface area contributed by atoms with Gasteiger partial charge in [-0.25, -0.2) is 0 Å². The van der Waals surface area contributed by atoms with Gasteiger partial charge in [-0.3, -0.25) is 14.4 Å². The van der Waals surface area contributed by atoms with E-state index in [2.05, 4.69) is 83.1 Å². The van der Waals surface area contributed by atoms with E-state index in [1.54, 1.807) is 0 Å². The summed E-state index contributed by atoms with van der Waals surface area (Å²) >= 11 is 0. The van der Waals surface area contributed by atoms with Crippen molar-refractivity contribution >= 4 is 31.2 Å². The number of carboxylic acids is 1. The van der Waals surface area contributed by atoms with Gasteiger partial charge in [-0.1, -0.05) is 134 Å². The molecule has 0 N–H and O–H groups in total. The fraction of sp³-hybridized carbons (Fsp3) is 0.958. The molecule has 0 aromatic heterocycles. The number of fused-ring (bicyclic) bond motifs is 20. The van der Waals surface area contributed by atoms with Gasteiger partial charge in [0.05, 0.1) is 0 Å². The molecule has 0 aliphatic heterocycles. The van der Waals surface area contributed by atoms with Crippen LogP contribution in [0.2, 0.25) is 0 Å². The van der Waals surface area contributed by atoms with Crippen LogP contribution in [0.3, 0.4) is 0 Å². The van der Waals surface area contributed by atoms with Gasteiger partial charge in [0, 0.05) is 25.2 Å². The van der Waals surface area contributed by atoms with Crippen LogP contribution >= 0.6 is 0 Å². The maximum absolute atomic E-state index is 14.1. The standard InChI is InChI=1S/C72H117BO6.C24H40O2.Na/c1-46(55-28-31-58-52-25-22-49-16-10-13-40-67(49,4)61(52)37-43-70(55,58)7)19-34-64(74)77-73(78-65(75)35-20-47(2)56-29-32-59-53-26-23-50-17-11-14-41-68(50,5)62(53)38-44-71(56,59)8)79-66(76)36-21-48(3)57-30-33-60-54-27-24-51-18-12-15-42-69(51,6)63(54)39-45-72(57,60)9;1-16(7-12-22(25)26)19-10-11-20-18-9-8-17-6-4-5-14-23(17,2)21(18)13-15-24(19,20)3;/h46-63H,10-45H2,1-9H3;16-21H,4-15H2,1-3H3,(H,25,26);/q;;+1/p-1/t46-,47-,48-,49?,50?,51?,52+,53+,54+,55-,56-,57-,58+,59+,60+,61+,62+,63+,67+,68+,69+,70-,71-,72-;16-,17?,18+,19-,20+,21+,23+,24-;/m11./s1. The van der Waals surface area contributed by atoms with Crippen LogP contribution in [0, 0.1) is 185 Å². The fourth-order valence-electron chi connectivity index (χ4n) is 35.8. The van der Waals surface area contributed by atoms with E-state index < -0.39 is 31.2 Å². The smallest absolute Gasteiger partial charge is 0.550 e. The molecule has 0 amide bonds. The van der Waals surface area contributed by atoms with Crippen LogP contribution in [-0.2, 0) is 33.1 Å². The van der Waals surface area contributed by atoms with E-state index in [0.29, 0.717) is 84.7 Å². The van der Waals surface area contributed by atoms with Gasteiger partial charge in [-0.05, 0) is 423 Å². The monoisotopic (exact) mass is 1470 g/mol. The van der Waals surface area contributed by atoms with Gasteiger partial charge in [0.25, 0.3) is 17.9 Å². The number of carbonyl (C=O) groups excluding carboxylic acids is 4. The van der Waals surface area contributed by atoms with Gasteiger partial charge < -0.3 is 23.9 Å². The van der Waals surface area contributed by atoms with E-state index in [0.717, 1.165) is 126 Å². The summed E-state index contributed by atoms with van der Waals surface area (Å²) < 4.78 is 18.1. The minimum absolute atomic E-state index is 0. The Labute approximate surface area is 670 Å². The Morgan fingerprint density at radius 2 is 0.519 bits per heavy atom. The molecule has 32 atom stereocenters. The molecular weight excluding hydrogens is 1310 g/mol. The summed E-state index contributed by atoms with van der Waals surface area (Å²) in [5.74, 6) is 16.4. The fourth-order valence-corrected chi connectivity index (χ4v) is 35.8. The van der Waals surface area contributed by atoms with Gasteiger partial charge in [0.2, 0.25) is 0 Å². The Morgan fingerprint density at radius 3 is 0.755 bits per heavy atom. The van der Waals surface area contributed by atoms with Gasteiger partial charge in [0.1, 0.15) is 0 Å². The average molecular weight is 1470 g/mol. The molecule has 592 valence electrons. The van der Waals surface area contributed by atoms with Crippen LogP contribution in [0.4, 0.5) is 0 Å². The molecule has 16 aliphatic rings. The SMILES string of the molecule is C[C@H](CCC(=O)OB(OC(=O)CC[C@@H](C)[C@H]1CC[C@H]2[C@@H]3CCC4CCCC[C@]4(C)[C@H]3CC[C@]12C)OC(=O)CC[C@@H](C)[C@H]1CC[C@H]2[C@@H]3CCC4CCCC[C@]4(C)[C@H]3CC[C@]12C)[C@H]1CC[C@H]2[C@@H]3CCC4CCCC[C@]4(C)[C@H]3CC[C@]12C.C[C@H](CCC(=O)[O-])[C@H]1CC[C@H]2[C@@H]3CCC4CCCC[C@]4(C)[C@H]3CC[C@]12C.[Na+].